The Labute approximate surface area is 202 Å². The normalized spacial score (nSPS) is 20.6. The van der Waals surface area contributed by atoms with Gasteiger partial charge < -0.3 is 30.9 Å². The average Bonchev–Trinajstić information content (AvgIpc) is 3.63. The van der Waals surface area contributed by atoms with Crippen LogP contribution in [0.15, 0.2) is 24.3 Å². The number of aliphatic carboxylic acids is 1. The number of urea groups is 1. The second kappa shape index (κ2) is 14.0. The molecule has 35 heavy (non-hydrogen) atoms. The highest BCUT2D eigenvalue weighted by atomic mass is 16.4. The van der Waals surface area contributed by atoms with Crippen molar-refractivity contribution in [1.82, 2.24) is 20.9 Å². The highest BCUT2D eigenvalue weighted by molar-refractivity contribution is 5.97. The third-order valence-corrected chi connectivity index (χ3v) is 5.72. The van der Waals surface area contributed by atoms with Crippen molar-refractivity contribution in [3.8, 4) is 0 Å². The monoisotopic (exact) mass is 492 g/mol. The zero-order valence-corrected chi connectivity index (χ0v) is 19.4. The van der Waals surface area contributed by atoms with E-state index in [-0.39, 0.29) is 35.1 Å². The Balaban J connectivity index is 0.000000194. The van der Waals surface area contributed by atoms with E-state index >= 15 is 0 Å². The van der Waals surface area contributed by atoms with Crippen molar-refractivity contribution in [2.75, 3.05) is 26.2 Å². The molecule has 12 nitrogen and oxygen atoms in total. The first-order valence-corrected chi connectivity index (χ1v) is 11.5. The van der Waals surface area contributed by atoms with Gasteiger partial charge in [-0.1, -0.05) is 6.07 Å². The van der Waals surface area contributed by atoms with Crippen LogP contribution in [-0.4, -0.2) is 88.3 Å². The fourth-order valence-electron chi connectivity index (χ4n) is 3.78. The maximum atomic E-state index is 11.6. The maximum Gasteiger partial charge on any atom is 0.335 e. The fourth-order valence-corrected chi connectivity index (χ4v) is 3.78. The molecule has 3 aliphatic heterocycles. The second-order valence-electron chi connectivity index (χ2n) is 8.32. The number of nitrogens with one attached hydrogen (secondary N) is 3. The van der Waals surface area contributed by atoms with Gasteiger partial charge >= 0.3 is 23.9 Å². The predicted octanol–water partition coefficient (Wildman–Crippen LogP) is 0.976. The van der Waals surface area contributed by atoms with E-state index in [1.807, 2.05) is 0 Å². The van der Waals surface area contributed by atoms with Gasteiger partial charge in [-0.15, -0.1) is 0 Å². The van der Waals surface area contributed by atoms with Crippen molar-refractivity contribution in [1.29, 1.82) is 0 Å². The molecule has 6 N–H and O–H groups in total. The molecule has 0 aromatic heterocycles. The van der Waals surface area contributed by atoms with Crippen LogP contribution < -0.4 is 16.0 Å². The van der Waals surface area contributed by atoms with Crippen molar-refractivity contribution in [2.24, 2.45) is 0 Å². The van der Waals surface area contributed by atoms with Gasteiger partial charge in [0.15, 0.2) is 0 Å². The molecule has 0 spiro atoms. The van der Waals surface area contributed by atoms with Crippen molar-refractivity contribution in [3.05, 3.63) is 35.4 Å². The van der Waals surface area contributed by atoms with Crippen LogP contribution in [0, 0.1) is 0 Å². The van der Waals surface area contributed by atoms with E-state index in [4.69, 9.17) is 15.3 Å². The quantitative estimate of drug-likeness (QED) is 0.354. The molecule has 3 amide bonds. The van der Waals surface area contributed by atoms with Crippen LogP contribution in [-0.2, 0) is 9.59 Å². The number of nitrogens with zero attached hydrogens (tertiary/aromatic N) is 1. The van der Waals surface area contributed by atoms with E-state index in [0.717, 1.165) is 70.8 Å². The standard InChI is InChI=1S/C10H17N3O2.C8H6O4.C5H9NO2/c14-9(8-4-3-5-11-8)12-10(15)13-6-1-2-7-13;9-7(10)5-2-1-3-6(4-5)8(11)12;7-5(8)4-2-1-3-6-4/h8,11H,1-7H2,(H,12,14,15);1-4H,(H,9,10)(H,11,12);4,6H,1-3H2,(H,7,8)/t8-;;4-/m0.0/s1. The van der Waals surface area contributed by atoms with Crippen molar-refractivity contribution >= 4 is 29.8 Å². The molecule has 3 saturated heterocycles. The molecule has 0 saturated carbocycles. The summed E-state index contributed by atoms with van der Waals surface area (Å²) in [5, 5.41) is 33.7. The average molecular weight is 493 g/mol. The van der Waals surface area contributed by atoms with Gasteiger partial charge in [0.25, 0.3) is 0 Å². The number of hydrogen-bond donors (Lipinski definition) is 6. The lowest BCUT2D eigenvalue weighted by atomic mass is 10.1. The number of benzene rings is 1. The molecule has 1 aromatic rings. The molecule has 192 valence electrons. The summed E-state index contributed by atoms with van der Waals surface area (Å²) in [6, 6.07) is 4.53. The molecule has 3 fully saturated rings. The van der Waals surface area contributed by atoms with Crippen LogP contribution in [0.2, 0.25) is 0 Å². The van der Waals surface area contributed by atoms with Crippen LogP contribution in [0.1, 0.15) is 59.2 Å². The first-order valence-electron chi connectivity index (χ1n) is 11.5. The summed E-state index contributed by atoms with van der Waals surface area (Å²) in [6.45, 7) is 3.28. The summed E-state index contributed by atoms with van der Waals surface area (Å²) >= 11 is 0. The molecule has 12 heteroatoms. The van der Waals surface area contributed by atoms with Crippen molar-refractivity contribution in [3.63, 3.8) is 0 Å². The lowest BCUT2D eigenvalue weighted by Crippen LogP contribution is -2.48. The third kappa shape index (κ3) is 9.33. The SMILES string of the molecule is O=C(NC(=O)N1CCCC1)[C@@H]1CCCN1.O=C(O)[C@@H]1CCCN1.O=C(O)c1cccc(C(=O)O)c1. The zero-order chi connectivity index (χ0) is 25.8. The minimum atomic E-state index is -1.13. The number of hydrogen-bond acceptors (Lipinski definition) is 7. The predicted molar refractivity (Wildman–Crippen MR) is 124 cm³/mol. The number of rotatable bonds is 4. The van der Waals surface area contributed by atoms with E-state index in [0.29, 0.717) is 0 Å². The summed E-state index contributed by atoms with van der Waals surface area (Å²) in [5.41, 5.74) is -0.0372. The number of carbonyl (C=O) groups is 5. The fraction of sp³-hybridized carbons (Fsp3) is 0.522. The minimum absolute atomic E-state index is 0.0186. The Kier molecular flexibility index (Phi) is 11.1. The molecule has 2 atom stereocenters. The number of imide groups is 1. The molecule has 1 aromatic carbocycles. The smallest absolute Gasteiger partial charge is 0.335 e. The molecular weight excluding hydrogens is 460 g/mol. The summed E-state index contributed by atoms with van der Waals surface area (Å²) in [6.07, 6.45) is 5.72. The Bertz CT molecular complexity index is 849. The van der Waals surface area contributed by atoms with Crippen LogP contribution in [0.4, 0.5) is 4.79 Å². The number of likely N-dealkylation sites (tertiary alicyclic amines) is 1. The van der Waals surface area contributed by atoms with Crippen LogP contribution in [0.5, 0.6) is 0 Å². The molecule has 3 aliphatic rings. The Morgan fingerprint density at radius 1 is 0.800 bits per heavy atom. The lowest BCUT2D eigenvalue weighted by Gasteiger charge is -2.17. The Morgan fingerprint density at radius 3 is 1.71 bits per heavy atom. The van der Waals surface area contributed by atoms with Gasteiger partial charge in [-0.3, -0.25) is 14.9 Å². The van der Waals surface area contributed by atoms with Crippen molar-refractivity contribution in [2.45, 2.75) is 50.6 Å². The highest BCUT2D eigenvalue weighted by Crippen LogP contribution is 2.09. The van der Waals surface area contributed by atoms with Gasteiger partial charge in [-0.05, 0) is 69.8 Å². The Morgan fingerprint density at radius 2 is 1.31 bits per heavy atom. The van der Waals surface area contributed by atoms with E-state index in [9.17, 15) is 24.0 Å². The summed E-state index contributed by atoms with van der Waals surface area (Å²) in [4.78, 5) is 55.8. The highest BCUT2D eigenvalue weighted by Gasteiger charge is 2.26. The van der Waals surface area contributed by atoms with Crippen molar-refractivity contribution < 1.29 is 39.3 Å². The lowest BCUT2D eigenvalue weighted by molar-refractivity contribution is -0.139. The number of carboxylic acids is 3. The van der Waals surface area contributed by atoms with Gasteiger partial charge in [0, 0.05) is 13.1 Å². The van der Waals surface area contributed by atoms with Crippen LogP contribution >= 0.6 is 0 Å². The summed E-state index contributed by atoms with van der Waals surface area (Å²) < 4.78 is 0. The summed E-state index contributed by atoms with van der Waals surface area (Å²) in [5.74, 6) is -3.15. The number of amides is 3. The van der Waals surface area contributed by atoms with E-state index in [1.165, 1.54) is 18.2 Å². The molecule has 0 aliphatic carbocycles. The molecular formula is C23H32N4O8. The minimum Gasteiger partial charge on any atom is -0.480 e. The molecule has 0 radical (unpaired) electrons. The maximum absolute atomic E-state index is 11.6. The van der Waals surface area contributed by atoms with E-state index in [1.54, 1.807) is 4.90 Å². The molecule has 4 rings (SSSR count). The van der Waals surface area contributed by atoms with Gasteiger partial charge in [0.05, 0.1) is 17.2 Å². The topological polar surface area (TPSA) is 185 Å². The van der Waals surface area contributed by atoms with Gasteiger partial charge in [-0.25, -0.2) is 14.4 Å². The first-order chi connectivity index (χ1) is 16.7. The van der Waals surface area contributed by atoms with E-state index in [2.05, 4.69) is 16.0 Å². The molecule has 3 heterocycles. The number of carbonyl (C=O) groups excluding carboxylic acids is 2. The number of aromatic carboxylic acids is 2. The second-order valence-corrected chi connectivity index (χ2v) is 8.32. The van der Waals surface area contributed by atoms with Gasteiger partial charge in [0.2, 0.25) is 5.91 Å². The number of carboxylic acid groups (broad SMARTS) is 3. The largest absolute Gasteiger partial charge is 0.480 e. The third-order valence-electron chi connectivity index (χ3n) is 5.72. The van der Waals surface area contributed by atoms with Gasteiger partial charge in [-0.2, -0.15) is 0 Å². The first kappa shape index (κ1) is 27.7. The van der Waals surface area contributed by atoms with Gasteiger partial charge in [0.1, 0.15) is 6.04 Å². The zero-order valence-electron chi connectivity index (χ0n) is 19.4. The molecule has 0 bridgehead atoms. The van der Waals surface area contributed by atoms with E-state index < -0.39 is 17.9 Å². The van der Waals surface area contributed by atoms with Crippen LogP contribution in [0.25, 0.3) is 0 Å². The summed E-state index contributed by atoms with van der Waals surface area (Å²) in [7, 11) is 0. The Hall–Kier alpha value is -3.51. The molecule has 0 unspecified atom stereocenters. The van der Waals surface area contributed by atoms with Crippen LogP contribution in [0.3, 0.4) is 0 Å².